The molecule has 0 N–H and O–H groups in total. The molecule has 0 heterocycles. The molecule has 76 valence electrons. The van der Waals surface area contributed by atoms with Gasteiger partial charge in [-0.25, -0.2) is 0 Å². The van der Waals surface area contributed by atoms with Crippen molar-refractivity contribution in [2.24, 2.45) is 0 Å². The minimum Gasteiger partial charge on any atom is -0.294 e. The highest BCUT2D eigenvalue weighted by Gasteiger charge is 2.14. The molecule has 1 rings (SSSR count). The fourth-order valence-corrected chi connectivity index (χ4v) is 0.931. The number of nitro benzene ring substituents is 1. The lowest BCUT2D eigenvalue weighted by molar-refractivity contribution is -0.385. The van der Waals surface area contributed by atoms with Crippen molar-refractivity contribution in [1.82, 2.24) is 0 Å². The quantitative estimate of drug-likeness (QED) is 0.414. The average molecular weight is 195 g/mol. The number of hydrogen-bond donors (Lipinski definition) is 0. The lowest BCUT2D eigenvalue weighted by Gasteiger charge is -1.95. The Morgan fingerprint density at radius 2 is 1.79 bits per heavy atom. The molecule has 14 heavy (non-hydrogen) atoms. The van der Waals surface area contributed by atoms with Gasteiger partial charge in [-0.15, -0.1) is 0 Å². The van der Waals surface area contributed by atoms with Crippen LogP contribution < -0.4 is 0 Å². The summed E-state index contributed by atoms with van der Waals surface area (Å²) in [5, 5.41) is 10.4. The van der Waals surface area contributed by atoms with Crippen LogP contribution in [0.25, 0.3) is 0 Å². The maximum absolute atomic E-state index is 10.9. The fraction of sp³-hybridized carbons (Fsp3) is 0.300. The number of nitro groups is 1. The summed E-state index contributed by atoms with van der Waals surface area (Å²) < 4.78 is 0. The van der Waals surface area contributed by atoms with E-state index in [1.165, 1.54) is 25.1 Å². The first-order valence-corrected chi connectivity index (χ1v) is 4.37. The van der Waals surface area contributed by atoms with Gasteiger partial charge in [0.05, 0.1) is 10.5 Å². The monoisotopic (exact) mass is 195 g/mol. The molecule has 0 aliphatic carbocycles. The zero-order valence-corrected chi connectivity index (χ0v) is 8.48. The van der Waals surface area contributed by atoms with Crippen molar-refractivity contribution in [3.63, 3.8) is 0 Å². The molecular weight excluding hydrogens is 182 g/mol. The van der Waals surface area contributed by atoms with Gasteiger partial charge in [-0.3, -0.25) is 14.9 Å². The van der Waals surface area contributed by atoms with Gasteiger partial charge in [0.1, 0.15) is 0 Å². The number of para-hydroxylation sites is 1. The second-order valence-corrected chi connectivity index (χ2v) is 2.33. The van der Waals surface area contributed by atoms with E-state index >= 15 is 0 Å². The Balaban J connectivity index is 0.000000791. The second kappa shape index (κ2) is 5.85. The molecule has 1 aromatic carbocycles. The summed E-state index contributed by atoms with van der Waals surface area (Å²) in [5.74, 6) is -0.290. The van der Waals surface area contributed by atoms with Gasteiger partial charge >= 0.3 is 0 Å². The summed E-state index contributed by atoms with van der Waals surface area (Å²) in [7, 11) is 0. The van der Waals surface area contributed by atoms with E-state index in [0.717, 1.165) is 0 Å². The molecule has 0 aliphatic heterocycles. The van der Waals surface area contributed by atoms with Gasteiger partial charge in [-0.1, -0.05) is 26.0 Å². The Bertz CT molecular complexity index is 301. The van der Waals surface area contributed by atoms with Crippen molar-refractivity contribution in [3.05, 3.63) is 39.9 Å². The molecule has 0 radical (unpaired) electrons. The van der Waals surface area contributed by atoms with Crippen LogP contribution in [0.4, 0.5) is 5.69 Å². The fourth-order valence-electron chi connectivity index (χ4n) is 0.931. The summed E-state index contributed by atoms with van der Waals surface area (Å²) in [6.45, 7) is 5.31. The number of Topliss-reactive ketones (excluding diaryl/α,β-unsaturated/α-hetero) is 1. The Kier molecular flexibility index (Phi) is 5.14. The third-order valence-corrected chi connectivity index (χ3v) is 1.48. The maximum atomic E-state index is 10.9. The third-order valence-electron chi connectivity index (χ3n) is 1.48. The molecule has 1 aromatic rings. The molecule has 0 unspecified atom stereocenters. The Morgan fingerprint density at radius 3 is 2.14 bits per heavy atom. The molecule has 0 atom stereocenters. The van der Waals surface area contributed by atoms with Crippen LogP contribution in [0, 0.1) is 10.1 Å². The van der Waals surface area contributed by atoms with Crippen LogP contribution in [-0.2, 0) is 0 Å². The molecule has 0 fully saturated rings. The minimum atomic E-state index is -0.559. The average Bonchev–Trinajstić information content (AvgIpc) is 2.20. The van der Waals surface area contributed by atoms with Gasteiger partial charge in [-0.05, 0) is 13.0 Å². The first-order chi connectivity index (χ1) is 6.63. The first-order valence-electron chi connectivity index (χ1n) is 4.37. The largest absolute Gasteiger partial charge is 0.294 e. The first kappa shape index (κ1) is 12.3. The van der Waals surface area contributed by atoms with E-state index in [-0.39, 0.29) is 17.0 Å². The molecular formula is C10H13NO3. The number of hydrogen-bond acceptors (Lipinski definition) is 3. The Hall–Kier alpha value is -1.71. The molecule has 4 heteroatoms. The standard InChI is InChI=1S/C8H7NO3.C2H6/c1-6(10)7-4-2-3-5-8(7)9(11)12;1-2/h2-5H,1H3;1-2H3. The van der Waals surface area contributed by atoms with Gasteiger partial charge in [0.25, 0.3) is 5.69 Å². The normalized spacial score (nSPS) is 8.50. The molecule has 0 saturated carbocycles. The minimum absolute atomic E-state index is 0.134. The van der Waals surface area contributed by atoms with Crippen LogP contribution in [0.2, 0.25) is 0 Å². The third kappa shape index (κ3) is 2.97. The number of carbonyl (C=O) groups excluding carboxylic acids is 1. The summed E-state index contributed by atoms with van der Waals surface area (Å²) in [4.78, 5) is 20.7. The SMILES string of the molecule is CC.CC(=O)c1ccccc1[N+](=O)[O-]. The molecule has 0 bridgehead atoms. The van der Waals surface area contributed by atoms with E-state index < -0.39 is 4.92 Å². The van der Waals surface area contributed by atoms with Gasteiger partial charge in [0, 0.05) is 6.07 Å². The number of rotatable bonds is 2. The van der Waals surface area contributed by atoms with Crippen molar-refractivity contribution in [1.29, 1.82) is 0 Å². The summed E-state index contributed by atoms with van der Waals surface area (Å²) in [6.07, 6.45) is 0. The molecule has 0 amide bonds. The lowest BCUT2D eigenvalue weighted by Crippen LogP contribution is -1.98. The van der Waals surface area contributed by atoms with Crippen LogP contribution in [0.15, 0.2) is 24.3 Å². The summed E-state index contributed by atoms with van der Waals surface area (Å²) in [5.41, 5.74) is 0.0208. The smallest absolute Gasteiger partial charge is 0.280 e. The summed E-state index contributed by atoms with van der Waals surface area (Å²) >= 11 is 0. The Morgan fingerprint density at radius 1 is 1.29 bits per heavy atom. The van der Waals surface area contributed by atoms with Crippen molar-refractivity contribution in [2.45, 2.75) is 20.8 Å². The van der Waals surface area contributed by atoms with Gasteiger partial charge in [0.2, 0.25) is 0 Å². The molecule has 0 spiro atoms. The zero-order valence-electron chi connectivity index (χ0n) is 8.48. The van der Waals surface area contributed by atoms with Crippen LogP contribution in [0.5, 0.6) is 0 Å². The maximum Gasteiger partial charge on any atom is 0.280 e. The van der Waals surface area contributed by atoms with Crippen LogP contribution in [-0.4, -0.2) is 10.7 Å². The van der Waals surface area contributed by atoms with Crippen molar-refractivity contribution in [3.8, 4) is 0 Å². The zero-order chi connectivity index (χ0) is 11.1. The van der Waals surface area contributed by atoms with E-state index in [9.17, 15) is 14.9 Å². The highest BCUT2D eigenvalue weighted by atomic mass is 16.6. The number of ketones is 1. The van der Waals surface area contributed by atoms with E-state index in [1.807, 2.05) is 13.8 Å². The van der Waals surface area contributed by atoms with Crippen LogP contribution in [0.1, 0.15) is 31.1 Å². The second-order valence-electron chi connectivity index (χ2n) is 2.33. The highest BCUT2D eigenvalue weighted by Crippen LogP contribution is 2.17. The van der Waals surface area contributed by atoms with E-state index in [0.29, 0.717) is 0 Å². The van der Waals surface area contributed by atoms with Crippen molar-refractivity contribution in [2.75, 3.05) is 0 Å². The van der Waals surface area contributed by atoms with Gasteiger partial charge in [-0.2, -0.15) is 0 Å². The highest BCUT2D eigenvalue weighted by molar-refractivity contribution is 5.97. The van der Waals surface area contributed by atoms with Gasteiger partial charge < -0.3 is 0 Å². The Labute approximate surface area is 82.7 Å². The van der Waals surface area contributed by atoms with E-state index in [2.05, 4.69) is 0 Å². The predicted molar refractivity (Wildman–Crippen MR) is 54.4 cm³/mol. The van der Waals surface area contributed by atoms with Crippen molar-refractivity contribution >= 4 is 11.5 Å². The van der Waals surface area contributed by atoms with E-state index in [1.54, 1.807) is 6.07 Å². The van der Waals surface area contributed by atoms with Crippen LogP contribution in [0.3, 0.4) is 0 Å². The predicted octanol–water partition coefficient (Wildman–Crippen LogP) is 2.82. The molecule has 0 saturated heterocycles. The number of nitrogens with zero attached hydrogens (tertiary/aromatic N) is 1. The molecule has 4 nitrogen and oxygen atoms in total. The topological polar surface area (TPSA) is 60.2 Å². The summed E-state index contributed by atoms with van der Waals surface area (Å²) in [6, 6.07) is 5.89. The van der Waals surface area contributed by atoms with Crippen molar-refractivity contribution < 1.29 is 9.72 Å². The van der Waals surface area contributed by atoms with Gasteiger partial charge in [0.15, 0.2) is 5.78 Å². The number of carbonyl (C=O) groups is 1. The molecule has 0 aromatic heterocycles. The number of benzene rings is 1. The van der Waals surface area contributed by atoms with E-state index in [4.69, 9.17) is 0 Å². The molecule has 0 aliphatic rings. The van der Waals surface area contributed by atoms with Crippen LogP contribution >= 0.6 is 0 Å². The lowest BCUT2D eigenvalue weighted by atomic mass is 10.1.